The Balaban J connectivity index is 1.61. The van der Waals surface area contributed by atoms with Crippen LogP contribution in [-0.2, 0) is 6.42 Å². The largest absolute Gasteiger partial charge is 0.332 e. The van der Waals surface area contributed by atoms with Gasteiger partial charge in [-0.1, -0.05) is 24.3 Å². The molecule has 5 heteroatoms. The fraction of sp³-hybridized carbons (Fsp3) is 0.158. The Labute approximate surface area is 144 Å². The Morgan fingerprint density at radius 3 is 2.96 bits per heavy atom. The summed E-state index contributed by atoms with van der Waals surface area (Å²) in [5, 5.41) is 5.98. The average Bonchev–Trinajstić information content (AvgIpc) is 3.14. The summed E-state index contributed by atoms with van der Waals surface area (Å²) in [5.41, 5.74) is 3.84. The van der Waals surface area contributed by atoms with Crippen LogP contribution in [0.2, 0.25) is 0 Å². The van der Waals surface area contributed by atoms with Gasteiger partial charge in [-0.2, -0.15) is 0 Å². The zero-order chi connectivity index (χ0) is 16.4. The van der Waals surface area contributed by atoms with Gasteiger partial charge in [-0.05, 0) is 42.7 Å². The maximum Gasteiger partial charge on any atom is 0.258 e. The normalized spacial score (nSPS) is 13.4. The summed E-state index contributed by atoms with van der Waals surface area (Å²) in [4.78, 5) is 19.1. The maximum absolute atomic E-state index is 13.0. The van der Waals surface area contributed by atoms with Crippen LogP contribution in [0.25, 0.3) is 0 Å². The molecule has 4 rings (SSSR count). The SMILES string of the molecule is O=C(c1cccc(Nc2nccs2)c1)N1CCCc2ccccc21. The van der Waals surface area contributed by atoms with E-state index >= 15 is 0 Å². The Hall–Kier alpha value is -2.66. The van der Waals surface area contributed by atoms with E-state index in [0.29, 0.717) is 5.56 Å². The summed E-state index contributed by atoms with van der Waals surface area (Å²) in [7, 11) is 0. The Kier molecular flexibility index (Phi) is 4.01. The van der Waals surface area contributed by atoms with Crippen LogP contribution >= 0.6 is 11.3 Å². The molecule has 0 aliphatic carbocycles. The number of aryl methyl sites for hydroxylation is 1. The highest BCUT2D eigenvalue weighted by molar-refractivity contribution is 7.13. The molecule has 120 valence electrons. The number of hydrogen-bond donors (Lipinski definition) is 1. The number of para-hydroxylation sites is 1. The Bertz CT molecular complexity index is 861. The lowest BCUT2D eigenvalue weighted by Gasteiger charge is -2.29. The molecule has 0 saturated heterocycles. The van der Waals surface area contributed by atoms with Crippen LogP contribution in [0.15, 0.2) is 60.1 Å². The molecule has 3 aromatic rings. The van der Waals surface area contributed by atoms with E-state index in [2.05, 4.69) is 16.4 Å². The van der Waals surface area contributed by atoms with Crippen molar-refractivity contribution in [1.29, 1.82) is 0 Å². The van der Waals surface area contributed by atoms with Gasteiger partial charge in [-0.3, -0.25) is 4.79 Å². The molecule has 24 heavy (non-hydrogen) atoms. The number of rotatable bonds is 3. The first-order valence-corrected chi connectivity index (χ1v) is 8.85. The van der Waals surface area contributed by atoms with Gasteiger partial charge >= 0.3 is 0 Å². The van der Waals surface area contributed by atoms with Crippen molar-refractivity contribution in [2.24, 2.45) is 0 Å². The number of thiazole rings is 1. The molecule has 0 bridgehead atoms. The molecule has 0 spiro atoms. The molecule has 0 saturated carbocycles. The number of amides is 1. The predicted molar refractivity (Wildman–Crippen MR) is 98.3 cm³/mol. The molecule has 0 fully saturated rings. The number of benzene rings is 2. The summed E-state index contributed by atoms with van der Waals surface area (Å²) >= 11 is 1.53. The van der Waals surface area contributed by atoms with E-state index in [1.54, 1.807) is 6.20 Å². The van der Waals surface area contributed by atoms with Crippen LogP contribution in [0.3, 0.4) is 0 Å². The highest BCUT2D eigenvalue weighted by Gasteiger charge is 2.23. The van der Waals surface area contributed by atoms with E-state index in [0.717, 1.165) is 35.9 Å². The first-order chi connectivity index (χ1) is 11.8. The van der Waals surface area contributed by atoms with E-state index in [4.69, 9.17) is 0 Å². The fourth-order valence-electron chi connectivity index (χ4n) is 3.04. The smallest absolute Gasteiger partial charge is 0.258 e. The molecule has 1 N–H and O–H groups in total. The van der Waals surface area contributed by atoms with Gasteiger partial charge in [0.2, 0.25) is 0 Å². The topological polar surface area (TPSA) is 45.2 Å². The summed E-state index contributed by atoms with van der Waals surface area (Å²) < 4.78 is 0. The molecule has 1 aromatic heterocycles. The molecule has 1 amide bonds. The Morgan fingerprint density at radius 2 is 2.08 bits per heavy atom. The summed E-state index contributed by atoms with van der Waals surface area (Å²) in [5.74, 6) is 0.0462. The quantitative estimate of drug-likeness (QED) is 0.767. The van der Waals surface area contributed by atoms with Crippen molar-refractivity contribution in [1.82, 2.24) is 4.98 Å². The minimum absolute atomic E-state index is 0.0462. The standard InChI is InChI=1S/C19H17N3OS/c23-18(22-11-4-7-14-5-1-2-9-17(14)22)15-6-3-8-16(13-15)21-19-20-10-12-24-19/h1-3,5-6,8-10,12-13H,4,7,11H2,(H,20,21). The molecule has 0 atom stereocenters. The third kappa shape index (κ3) is 2.90. The summed E-state index contributed by atoms with van der Waals surface area (Å²) in [6.07, 6.45) is 3.79. The predicted octanol–water partition coefficient (Wildman–Crippen LogP) is 4.48. The van der Waals surface area contributed by atoms with Gasteiger partial charge < -0.3 is 10.2 Å². The van der Waals surface area contributed by atoms with E-state index in [9.17, 15) is 4.79 Å². The van der Waals surface area contributed by atoms with Crippen molar-refractivity contribution in [3.05, 3.63) is 71.2 Å². The molecule has 2 heterocycles. The van der Waals surface area contributed by atoms with Crippen molar-refractivity contribution in [3.63, 3.8) is 0 Å². The molecule has 1 aliphatic rings. The zero-order valence-electron chi connectivity index (χ0n) is 13.1. The first kappa shape index (κ1) is 14.9. The van der Waals surface area contributed by atoms with E-state index in [1.807, 2.05) is 52.7 Å². The maximum atomic E-state index is 13.0. The lowest BCUT2D eigenvalue weighted by molar-refractivity contribution is 0.0985. The second-order valence-electron chi connectivity index (χ2n) is 5.73. The van der Waals surface area contributed by atoms with Crippen molar-refractivity contribution in [2.45, 2.75) is 12.8 Å². The third-order valence-electron chi connectivity index (χ3n) is 4.15. The summed E-state index contributed by atoms with van der Waals surface area (Å²) in [6, 6.07) is 15.8. The second kappa shape index (κ2) is 6.45. The molecule has 1 aliphatic heterocycles. The van der Waals surface area contributed by atoms with Gasteiger partial charge in [-0.25, -0.2) is 4.98 Å². The third-order valence-corrected chi connectivity index (χ3v) is 4.84. The monoisotopic (exact) mass is 335 g/mol. The van der Waals surface area contributed by atoms with Gasteiger partial charge in [-0.15, -0.1) is 11.3 Å². The number of hydrogen-bond acceptors (Lipinski definition) is 4. The number of nitrogens with zero attached hydrogens (tertiary/aromatic N) is 2. The van der Waals surface area contributed by atoms with Gasteiger partial charge in [0, 0.05) is 35.1 Å². The van der Waals surface area contributed by atoms with Crippen LogP contribution in [0.1, 0.15) is 22.3 Å². The zero-order valence-corrected chi connectivity index (χ0v) is 13.9. The van der Waals surface area contributed by atoms with Crippen molar-refractivity contribution in [3.8, 4) is 0 Å². The highest BCUT2D eigenvalue weighted by Crippen LogP contribution is 2.29. The molecule has 0 unspecified atom stereocenters. The molecule has 4 nitrogen and oxygen atoms in total. The molecular weight excluding hydrogens is 318 g/mol. The Morgan fingerprint density at radius 1 is 1.17 bits per heavy atom. The number of fused-ring (bicyclic) bond motifs is 1. The highest BCUT2D eigenvalue weighted by atomic mass is 32.1. The first-order valence-electron chi connectivity index (χ1n) is 7.97. The van der Waals surface area contributed by atoms with Crippen LogP contribution in [0.4, 0.5) is 16.5 Å². The lowest BCUT2D eigenvalue weighted by Crippen LogP contribution is -2.35. The van der Waals surface area contributed by atoms with Crippen LogP contribution < -0.4 is 10.2 Å². The molecular formula is C19H17N3OS. The average molecular weight is 335 g/mol. The molecule has 0 radical (unpaired) electrons. The summed E-state index contributed by atoms with van der Waals surface area (Å²) in [6.45, 7) is 0.764. The number of anilines is 3. The number of aromatic nitrogens is 1. The van der Waals surface area contributed by atoms with Crippen LogP contribution in [0.5, 0.6) is 0 Å². The van der Waals surface area contributed by atoms with Gasteiger partial charge in [0.1, 0.15) is 0 Å². The van der Waals surface area contributed by atoms with Gasteiger partial charge in [0.25, 0.3) is 5.91 Å². The lowest BCUT2D eigenvalue weighted by atomic mass is 10.0. The minimum Gasteiger partial charge on any atom is -0.332 e. The minimum atomic E-state index is 0.0462. The number of carbonyl (C=O) groups excluding carboxylic acids is 1. The van der Waals surface area contributed by atoms with Gasteiger partial charge in [0.05, 0.1) is 0 Å². The second-order valence-corrected chi connectivity index (χ2v) is 6.63. The van der Waals surface area contributed by atoms with Crippen LogP contribution in [-0.4, -0.2) is 17.4 Å². The van der Waals surface area contributed by atoms with Crippen molar-refractivity contribution >= 4 is 33.8 Å². The number of nitrogens with one attached hydrogen (secondary N) is 1. The van der Waals surface area contributed by atoms with E-state index in [1.165, 1.54) is 16.9 Å². The van der Waals surface area contributed by atoms with Crippen molar-refractivity contribution in [2.75, 3.05) is 16.8 Å². The molecule has 2 aromatic carbocycles. The fourth-order valence-corrected chi connectivity index (χ4v) is 3.59. The number of carbonyl (C=O) groups is 1. The van der Waals surface area contributed by atoms with Crippen LogP contribution in [0, 0.1) is 0 Å². The van der Waals surface area contributed by atoms with Crippen molar-refractivity contribution < 1.29 is 4.79 Å². The van der Waals surface area contributed by atoms with E-state index in [-0.39, 0.29) is 5.91 Å². The van der Waals surface area contributed by atoms with Gasteiger partial charge in [0.15, 0.2) is 5.13 Å². The van der Waals surface area contributed by atoms with E-state index < -0.39 is 0 Å².